The number of rotatable bonds is 4. The molecule has 0 bridgehead atoms. The Balaban J connectivity index is 1.59. The number of hydrogen-bond donors (Lipinski definition) is 2. The average Bonchev–Trinajstić information content (AvgIpc) is 3.05. The summed E-state index contributed by atoms with van der Waals surface area (Å²) >= 11 is 0. The van der Waals surface area contributed by atoms with Crippen molar-refractivity contribution in [2.24, 2.45) is 0 Å². The van der Waals surface area contributed by atoms with Crippen molar-refractivity contribution in [2.75, 3.05) is 7.11 Å². The smallest absolute Gasteiger partial charge is 0.251 e. The predicted octanol–water partition coefficient (Wildman–Crippen LogP) is 4.22. The largest absolute Gasteiger partial charge is 0.497 e. The molecule has 2 heterocycles. The molecule has 26 heavy (non-hydrogen) atoms. The van der Waals surface area contributed by atoms with Gasteiger partial charge in [-0.3, -0.25) is 9.78 Å². The lowest BCUT2D eigenvalue weighted by atomic mass is 10.1. The van der Waals surface area contributed by atoms with Crippen LogP contribution < -0.4 is 10.1 Å². The summed E-state index contributed by atoms with van der Waals surface area (Å²) in [4.78, 5) is 20.3. The van der Waals surface area contributed by atoms with E-state index in [2.05, 4.69) is 21.4 Å². The van der Waals surface area contributed by atoms with Crippen LogP contribution in [-0.4, -0.2) is 23.0 Å². The van der Waals surface area contributed by atoms with Gasteiger partial charge in [-0.05, 0) is 43.3 Å². The summed E-state index contributed by atoms with van der Waals surface area (Å²) in [6.45, 7) is 1.93. The minimum atomic E-state index is -0.206. The quantitative estimate of drug-likeness (QED) is 0.582. The van der Waals surface area contributed by atoms with Gasteiger partial charge in [-0.2, -0.15) is 0 Å². The van der Waals surface area contributed by atoms with Gasteiger partial charge in [0.15, 0.2) is 0 Å². The van der Waals surface area contributed by atoms with Crippen LogP contribution in [-0.2, 0) is 0 Å². The molecule has 1 atom stereocenters. The van der Waals surface area contributed by atoms with Crippen LogP contribution in [0.15, 0.2) is 60.8 Å². The Morgan fingerprint density at radius 2 is 1.85 bits per heavy atom. The molecule has 0 saturated carbocycles. The summed E-state index contributed by atoms with van der Waals surface area (Å²) in [6, 6.07) is 17.0. The maximum absolute atomic E-state index is 12.5. The number of nitrogens with one attached hydrogen (secondary N) is 2. The summed E-state index contributed by atoms with van der Waals surface area (Å²) < 4.78 is 5.12. The van der Waals surface area contributed by atoms with Gasteiger partial charge < -0.3 is 15.0 Å². The van der Waals surface area contributed by atoms with Crippen molar-refractivity contribution in [1.82, 2.24) is 15.3 Å². The first-order valence-corrected chi connectivity index (χ1v) is 8.47. The number of H-pyrrole nitrogens is 1. The molecule has 0 aliphatic carbocycles. The molecular formula is C21H19N3O2. The van der Waals surface area contributed by atoms with E-state index in [9.17, 15) is 4.79 Å². The molecule has 2 aromatic carbocycles. The Kier molecular flexibility index (Phi) is 4.05. The van der Waals surface area contributed by atoms with Crippen LogP contribution in [0.4, 0.5) is 0 Å². The monoisotopic (exact) mass is 345 g/mol. The lowest BCUT2D eigenvalue weighted by Crippen LogP contribution is -2.27. The standard InChI is InChI=1S/C21H19N3O2/c1-13(23-21(25)14-7-9-15(26-2)10-8-14)19-11-17-16-5-3-4-6-18(16)24-20(17)12-22-19/h3-13,24H,1-2H3,(H,23,25). The van der Waals surface area contributed by atoms with Crippen LogP contribution in [0, 0.1) is 0 Å². The van der Waals surface area contributed by atoms with Gasteiger partial charge in [0.05, 0.1) is 30.6 Å². The van der Waals surface area contributed by atoms with Gasteiger partial charge in [-0.15, -0.1) is 0 Å². The Bertz CT molecular complexity index is 1080. The van der Waals surface area contributed by atoms with Crippen LogP contribution >= 0.6 is 0 Å². The first kappa shape index (κ1) is 16.1. The van der Waals surface area contributed by atoms with Crippen LogP contribution in [0.3, 0.4) is 0 Å². The fraction of sp³-hybridized carbons (Fsp3) is 0.143. The van der Waals surface area contributed by atoms with Gasteiger partial charge >= 0.3 is 0 Å². The van der Waals surface area contributed by atoms with E-state index in [-0.39, 0.29) is 11.9 Å². The third-order valence-corrected chi connectivity index (χ3v) is 4.56. The molecule has 2 aromatic heterocycles. The summed E-state index contributed by atoms with van der Waals surface area (Å²) in [5, 5.41) is 5.26. The molecule has 1 amide bonds. The summed E-state index contributed by atoms with van der Waals surface area (Å²) in [7, 11) is 1.60. The van der Waals surface area contributed by atoms with Crippen molar-refractivity contribution < 1.29 is 9.53 Å². The Hall–Kier alpha value is -3.34. The average molecular weight is 345 g/mol. The normalized spacial score (nSPS) is 12.2. The highest BCUT2D eigenvalue weighted by Gasteiger charge is 2.14. The lowest BCUT2D eigenvalue weighted by molar-refractivity contribution is 0.0939. The van der Waals surface area contributed by atoms with E-state index in [4.69, 9.17) is 4.74 Å². The molecular weight excluding hydrogens is 326 g/mol. The zero-order chi connectivity index (χ0) is 18.1. The number of para-hydroxylation sites is 1. The van der Waals surface area contributed by atoms with Crippen molar-refractivity contribution in [1.29, 1.82) is 0 Å². The van der Waals surface area contributed by atoms with Crippen LogP contribution in [0.25, 0.3) is 21.8 Å². The maximum Gasteiger partial charge on any atom is 0.251 e. The molecule has 130 valence electrons. The number of amides is 1. The second kappa shape index (κ2) is 6.52. The molecule has 0 spiro atoms. The second-order valence-electron chi connectivity index (χ2n) is 6.25. The minimum absolute atomic E-state index is 0.138. The molecule has 4 rings (SSSR count). The molecule has 0 radical (unpaired) electrons. The zero-order valence-electron chi connectivity index (χ0n) is 14.6. The lowest BCUT2D eigenvalue weighted by Gasteiger charge is -2.14. The van der Waals surface area contributed by atoms with E-state index in [1.807, 2.05) is 37.4 Å². The molecule has 0 aliphatic heterocycles. The van der Waals surface area contributed by atoms with Crippen molar-refractivity contribution in [3.63, 3.8) is 0 Å². The van der Waals surface area contributed by atoms with Crippen molar-refractivity contribution in [3.8, 4) is 5.75 Å². The van der Waals surface area contributed by atoms with Gasteiger partial charge in [-0.1, -0.05) is 18.2 Å². The van der Waals surface area contributed by atoms with Gasteiger partial charge in [0.25, 0.3) is 5.91 Å². The third-order valence-electron chi connectivity index (χ3n) is 4.56. The molecule has 0 aliphatic rings. The molecule has 5 nitrogen and oxygen atoms in total. The summed E-state index contributed by atoms with van der Waals surface area (Å²) in [5.74, 6) is 0.585. The fourth-order valence-electron chi connectivity index (χ4n) is 3.10. The van der Waals surface area contributed by atoms with Gasteiger partial charge in [0, 0.05) is 21.9 Å². The first-order valence-electron chi connectivity index (χ1n) is 8.47. The molecule has 4 aromatic rings. The SMILES string of the molecule is COc1ccc(C(=O)NC(C)c2cc3c(cn2)[nH]c2ccccc23)cc1. The van der Waals surface area contributed by atoms with Gasteiger partial charge in [-0.25, -0.2) is 0 Å². The number of benzene rings is 2. The second-order valence-corrected chi connectivity index (χ2v) is 6.25. The topological polar surface area (TPSA) is 67.0 Å². The predicted molar refractivity (Wildman–Crippen MR) is 102 cm³/mol. The molecule has 0 saturated heterocycles. The van der Waals surface area contributed by atoms with Crippen LogP contribution in [0.2, 0.25) is 0 Å². The van der Waals surface area contributed by atoms with E-state index in [0.29, 0.717) is 5.56 Å². The van der Waals surface area contributed by atoms with Crippen molar-refractivity contribution in [3.05, 3.63) is 72.1 Å². The number of carbonyl (C=O) groups excluding carboxylic acids is 1. The Labute approximate surface area is 151 Å². The first-order chi connectivity index (χ1) is 12.7. The number of pyridine rings is 1. The van der Waals surface area contributed by atoms with E-state index in [0.717, 1.165) is 33.2 Å². The number of nitrogens with zero attached hydrogens (tertiary/aromatic N) is 1. The fourth-order valence-corrected chi connectivity index (χ4v) is 3.10. The highest BCUT2D eigenvalue weighted by Crippen LogP contribution is 2.26. The Morgan fingerprint density at radius 3 is 2.62 bits per heavy atom. The van der Waals surface area contributed by atoms with Gasteiger partial charge in [0.1, 0.15) is 5.75 Å². The van der Waals surface area contributed by atoms with Crippen molar-refractivity contribution in [2.45, 2.75) is 13.0 Å². The van der Waals surface area contributed by atoms with Gasteiger partial charge in [0.2, 0.25) is 0 Å². The van der Waals surface area contributed by atoms with Crippen LogP contribution in [0.5, 0.6) is 5.75 Å². The zero-order valence-corrected chi connectivity index (χ0v) is 14.6. The van der Waals surface area contributed by atoms with E-state index >= 15 is 0 Å². The molecule has 1 unspecified atom stereocenters. The van der Waals surface area contributed by atoms with Crippen molar-refractivity contribution >= 4 is 27.7 Å². The van der Waals surface area contributed by atoms with E-state index < -0.39 is 0 Å². The highest BCUT2D eigenvalue weighted by atomic mass is 16.5. The minimum Gasteiger partial charge on any atom is -0.497 e. The molecule has 5 heteroatoms. The van der Waals surface area contributed by atoms with Crippen LogP contribution in [0.1, 0.15) is 29.0 Å². The van der Waals surface area contributed by atoms with E-state index in [1.165, 1.54) is 0 Å². The molecule has 0 fully saturated rings. The maximum atomic E-state index is 12.5. The molecule has 2 N–H and O–H groups in total. The number of fused-ring (bicyclic) bond motifs is 3. The number of aromatic amines is 1. The number of methoxy groups -OCH3 is 1. The third kappa shape index (κ3) is 2.88. The number of ether oxygens (including phenoxy) is 1. The van der Waals surface area contributed by atoms with E-state index in [1.54, 1.807) is 31.4 Å². The number of hydrogen-bond acceptors (Lipinski definition) is 3. The highest BCUT2D eigenvalue weighted by molar-refractivity contribution is 6.07. The summed E-state index contributed by atoms with van der Waals surface area (Å²) in [5.41, 5.74) is 3.48. The number of aromatic nitrogens is 2. The Morgan fingerprint density at radius 1 is 1.08 bits per heavy atom. The number of carbonyl (C=O) groups is 1. The summed E-state index contributed by atoms with van der Waals surface area (Å²) in [6.07, 6.45) is 1.82.